The van der Waals surface area contributed by atoms with Gasteiger partial charge in [0.15, 0.2) is 5.82 Å². The predicted octanol–water partition coefficient (Wildman–Crippen LogP) is 1.61. The maximum atomic E-state index is 9.37. The van der Waals surface area contributed by atoms with Crippen molar-refractivity contribution in [2.45, 2.75) is 13.0 Å². The maximum Gasteiger partial charge on any atom is 0.245 e. The number of aryl methyl sites for hydroxylation is 1. The molecule has 7 heteroatoms. The highest BCUT2D eigenvalue weighted by Crippen LogP contribution is 2.31. The lowest BCUT2D eigenvalue weighted by atomic mass is 10.0. The van der Waals surface area contributed by atoms with Crippen molar-refractivity contribution in [3.63, 3.8) is 0 Å². The zero-order valence-electron chi connectivity index (χ0n) is 13.0. The van der Waals surface area contributed by atoms with E-state index in [1.807, 2.05) is 7.05 Å². The molecular formula is C16H16N6O. The standard InChI is InChI=1S/C16H16N6O/c1-11-19-16(23-20-11)14-10-22(7-6-21(14)2)15-12(8-17)4-3-5-13(15)9-18/h3-5,14H,6-7,10H2,1-2H3/t14-/m0/s1. The molecular weight excluding hydrogens is 292 g/mol. The summed E-state index contributed by atoms with van der Waals surface area (Å²) in [6, 6.07) is 9.50. The Hall–Kier alpha value is -2.90. The van der Waals surface area contributed by atoms with Crippen LogP contribution in [0, 0.1) is 29.6 Å². The second kappa shape index (κ2) is 6.07. The molecule has 0 unspecified atom stereocenters. The van der Waals surface area contributed by atoms with Gasteiger partial charge in [0.25, 0.3) is 0 Å². The Morgan fingerprint density at radius 2 is 1.91 bits per heavy atom. The lowest BCUT2D eigenvalue weighted by Gasteiger charge is -2.39. The smallest absolute Gasteiger partial charge is 0.245 e. The average Bonchev–Trinajstić information content (AvgIpc) is 3.00. The number of anilines is 1. The average molecular weight is 308 g/mol. The largest absolute Gasteiger partial charge is 0.366 e. The van der Waals surface area contributed by atoms with Gasteiger partial charge in [-0.3, -0.25) is 4.90 Å². The number of nitriles is 2. The first-order chi connectivity index (χ1) is 11.1. The van der Waals surface area contributed by atoms with Gasteiger partial charge < -0.3 is 9.42 Å². The number of hydrogen-bond donors (Lipinski definition) is 0. The summed E-state index contributed by atoms with van der Waals surface area (Å²) in [5.74, 6) is 1.16. The van der Waals surface area contributed by atoms with Crippen molar-refractivity contribution in [2.75, 3.05) is 31.6 Å². The molecule has 1 aromatic carbocycles. The van der Waals surface area contributed by atoms with Gasteiger partial charge in [-0.1, -0.05) is 11.2 Å². The Labute approximate surface area is 134 Å². The van der Waals surface area contributed by atoms with Gasteiger partial charge in [0, 0.05) is 19.6 Å². The fourth-order valence-electron chi connectivity index (χ4n) is 2.86. The normalized spacial score (nSPS) is 18.4. The van der Waals surface area contributed by atoms with Crippen LogP contribution >= 0.6 is 0 Å². The third-order valence-electron chi connectivity index (χ3n) is 4.07. The highest BCUT2D eigenvalue weighted by atomic mass is 16.5. The van der Waals surface area contributed by atoms with Crippen molar-refractivity contribution >= 4 is 5.69 Å². The molecule has 1 fully saturated rings. The number of piperazine rings is 1. The van der Waals surface area contributed by atoms with E-state index in [9.17, 15) is 10.5 Å². The van der Waals surface area contributed by atoms with E-state index in [-0.39, 0.29) is 6.04 Å². The van der Waals surface area contributed by atoms with Gasteiger partial charge >= 0.3 is 0 Å². The van der Waals surface area contributed by atoms with E-state index >= 15 is 0 Å². The molecule has 1 aromatic heterocycles. The van der Waals surface area contributed by atoms with Crippen molar-refractivity contribution in [1.82, 2.24) is 15.0 Å². The van der Waals surface area contributed by atoms with Gasteiger partial charge in [0.2, 0.25) is 5.89 Å². The number of nitrogens with zero attached hydrogens (tertiary/aromatic N) is 6. The van der Waals surface area contributed by atoms with Crippen molar-refractivity contribution in [3.05, 3.63) is 41.0 Å². The molecule has 23 heavy (non-hydrogen) atoms. The van der Waals surface area contributed by atoms with Crippen LogP contribution in [-0.2, 0) is 0 Å². The van der Waals surface area contributed by atoms with Crippen LogP contribution in [-0.4, -0.2) is 41.7 Å². The molecule has 116 valence electrons. The van der Waals surface area contributed by atoms with Gasteiger partial charge in [-0.2, -0.15) is 15.5 Å². The quantitative estimate of drug-likeness (QED) is 0.832. The van der Waals surface area contributed by atoms with Gasteiger partial charge in [-0.25, -0.2) is 0 Å². The molecule has 0 saturated carbocycles. The van der Waals surface area contributed by atoms with Gasteiger partial charge in [0.1, 0.15) is 18.2 Å². The second-order valence-electron chi connectivity index (χ2n) is 5.55. The van der Waals surface area contributed by atoms with Crippen molar-refractivity contribution in [2.24, 2.45) is 0 Å². The van der Waals surface area contributed by atoms with E-state index in [1.165, 1.54) is 0 Å². The van der Waals surface area contributed by atoms with Crippen LogP contribution in [0.3, 0.4) is 0 Å². The summed E-state index contributed by atoms with van der Waals surface area (Å²) in [5.41, 5.74) is 1.70. The number of rotatable bonds is 2. The van der Waals surface area contributed by atoms with Crippen LogP contribution in [0.25, 0.3) is 0 Å². The lowest BCUT2D eigenvalue weighted by Crippen LogP contribution is -2.47. The SMILES string of the molecule is Cc1noc([C@@H]2CN(c3c(C#N)cccc3C#N)CCN2C)n1. The first-order valence-corrected chi connectivity index (χ1v) is 7.32. The van der Waals surface area contributed by atoms with Crippen molar-refractivity contribution in [3.8, 4) is 12.1 Å². The molecule has 0 N–H and O–H groups in total. The van der Waals surface area contributed by atoms with E-state index in [2.05, 4.69) is 32.1 Å². The Morgan fingerprint density at radius 1 is 1.22 bits per heavy atom. The van der Waals surface area contributed by atoms with Crippen LogP contribution in [0.5, 0.6) is 0 Å². The predicted molar refractivity (Wildman–Crippen MR) is 82.5 cm³/mol. The summed E-state index contributed by atoms with van der Waals surface area (Å²) in [6.07, 6.45) is 0. The molecule has 1 aliphatic rings. The minimum atomic E-state index is -0.0664. The van der Waals surface area contributed by atoms with Gasteiger partial charge in [-0.05, 0) is 26.1 Å². The summed E-state index contributed by atoms with van der Waals surface area (Å²) >= 11 is 0. The molecule has 7 nitrogen and oxygen atoms in total. The molecule has 0 spiro atoms. The fourth-order valence-corrected chi connectivity index (χ4v) is 2.86. The minimum Gasteiger partial charge on any atom is -0.366 e. The van der Waals surface area contributed by atoms with E-state index < -0.39 is 0 Å². The molecule has 3 rings (SSSR count). The second-order valence-corrected chi connectivity index (χ2v) is 5.55. The van der Waals surface area contributed by atoms with Crippen LogP contribution in [0.15, 0.2) is 22.7 Å². The highest BCUT2D eigenvalue weighted by molar-refractivity contribution is 5.68. The summed E-state index contributed by atoms with van der Waals surface area (Å²) < 4.78 is 5.31. The highest BCUT2D eigenvalue weighted by Gasteiger charge is 2.31. The number of aromatic nitrogens is 2. The summed E-state index contributed by atoms with van der Waals surface area (Å²) in [7, 11) is 2.00. The molecule has 0 amide bonds. The topological polar surface area (TPSA) is 93.0 Å². The third kappa shape index (κ3) is 2.75. The zero-order chi connectivity index (χ0) is 16.4. The first-order valence-electron chi connectivity index (χ1n) is 7.32. The van der Waals surface area contributed by atoms with E-state index in [4.69, 9.17) is 4.52 Å². The Balaban J connectivity index is 1.96. The Kier molecular flexibility index (Phi) is 3.96. The summed E-state index contributed by atoms with van der Waals surface area (Å²) in [6.45, 7) is 3.88. The molecule has 0 aliphatic carbocycles. The van der Waals surface area contributed by atoms with Gasteiger partial charge in [0.05, 0.1) is 16.8 Å². The maximum absolute atomic E-state index is 9.37. The van der Waals surface area contributed by atoms with Crippen LogP contribution < -0.4 is 4.90 Å². The van der Waals surface area contributed by atoms with Gasteiger partial charge in [-0.15, -0.1) is 0 Å². The van der Waals surface area contributed by atoms with E-state index in [0.717, 1.165) is 13.1 Å². The molecule has 1 atom stereocenters. The Bertz CT molecular complexity index is 767. The fraction of sp³-hybridized carbons (Fsp3) is 0.375. The Morgan fingerprint density at radius 3 is 2.48 bits per heavy atom. The molecule has 0 bridgehead atoms. The number of para-hydroxylation sites is 1. The third-order valence-corrected chi connectivity index (χ3v) is 4.07. The van der Waals surface area contributed by atoms with Crippen LogP contribution in [0.2, 0.25) is 0 Å². The molecule has 2 aromatic rings. The number of benzene rings is 1. The molecule has 0 radical (unpaired) electrons. The number of hydrogen-bond acceptors (Lipinski definition) is 7. The van der Waals surface area contributed by atoms with Crippen molar-refractivity contribution in [1.29, 1.82) is 10.5 Å². The summed E-state index contributed by atoms with van der Waals surface area (Å²) in [5, 5.41) is 22.6. The molecule has 1 saturated heterocycles. The number of likely N-dealkylation sites (N-methyl/N-ethyl adjacent to an activating group) is 1. The first kappa shape index (κ1) is 15.0. The monoisotopic (exact) mass is 308 g/mol. The minimum absolute atomic E-state index is 0.0664. The molecule has 1 aliphatic heterocycles. The molecule has 2 heterocycles. The van der Waals surface area contributed by atoms with E-state index in [0.29, 0.717) is 35.1 Å². The lowest BCUT2D eigenvalue weighted by molar-refractivity contribution is 0.177. The zero-order valence-corrected chi connectivity index (χ0v) is 13.0. The van der Waals surface area contributed by atoms with E-state index in [1.54, 1.807) is 25.1 Å². The van der Waals surface area contributed by atoms with Crippen LogP contribution in [0.1, 0.15) is 28.9 Å². The summed E-state index contributed by atoms with van der Waals surface area (Å²) in [4.78, 5) is 8.52. The van der Waals surface area contributed by atoms with Crippen molar-refractivity contribution < 1.29 is 4.52 Å². The van der Waals surface area contributed by atoms with Crippen LogP contribution in [0.4, 0.5) is 5.69 Å².